The molecule has 6 rings (SSSR count). The van der Waals surface area contributed by atoms with Crippen molar-refractivity contribution in [2.75, 3.05) is 0 Å². The highest BCUT2D eigenvalue weighted by Crippen LogP contribution is 2.44. The van der Waals surface area contributed by atoms with E-state index in [1.54, 1.807) is 11.0 Å². The number of aromatic nitrogens is 7. The Morgan fingerprint density at radius 1 is 1.20 bits per heavy atom. The fourth-order valence-corrected chi connectivity index (χ4v) is 5.47. The number of hydrogen-bond donors (Lipinski definition) is 1. The first-order valence-electron chi connectivity index (χ1n) is 12.4. The van der Waals surface area contributed by atoms with Gasteiger partial charge >= 0.3 is 5.97 Å². The fourth-order valence-electron chi connectivity index (χ4n) is 5.31. The van der Waals surface area contributed by atoms with Crippen LogP contribution in [0.1, 0.15) is 49.3 Å². The molecule has 2 atom stereocenters. The van der Waals surface area contributed by atoms with Crippen LogP contribution in [0.3, 0.4) is 0 Å². The maximum atomic E-state index is 15.3. The lowest BCUT2D eigenvalue weighted by atomic mass is 9.92. The monoisotopic (exact) mass is 566 g/mol. The van der Waals surface area contributed by atoms with Crippen molar-refractivity contribution in [3.8, 4) is 16.9 Å². The molecule has 0 spiro atoms. The van der Waals surface area contributed by atoms with Crippen LogP contribution in [-0.2, 0) is 20.9 Å². The second-order valence-corrected chi connectivity index (χ2v) is 9.86. The molecule has 0 aliphatic carbocycles. The number of esters is 1. The second-order valence-electron chi connectivity index (χ2n) is 9.46. The third-order valence-electron chi connectivity index (χ3n) is 7.07. The van der Waals surface area contributed by atoms with Crippen LogP contribution in [0.5, 0.6) is 0 Å². The standard InChI is InChI=1S/C26H21ClF2N8O3/c1-13(38)40-11-19-24(28)16(6-7-30-19)18-10-31-26(33-18)21-4-2-15-8-14(9-22(39)37(15)21)23-20(36-12-32-34-35-36)5-3-17(27)25(23)29/h3,5-7,9-10,12,15,21H,2,4,8,11H2,1H3,(H,31,33)/t15?,21-/m0/s1. The molecule has 1 saturated heterocycles. The molecule has 40 heavy (non-hydrogen) atoms. The molecule has 0 radical (unpaired) electrons. The number of amides is 1. The number of nitrogens with zero attached hydrogens (tertiary/aromatic N) is 7. The highest BCUT2D eigenvalue weighted by molar-refractivity contribution is 6.31. The van der Waals surface area contributed by atoms with Gasteiger partial charge in [-0.2, -0.15) is 4.68 Å². The number of aromatic amines is 1. The minimum atomic E-state index is -0.653. The topological polar surface area (TPSA) is 132 Å². The van der Waals surface area contributed by atoms with Gasteiger partial charge in [0.25, 0.3) is 0 Å². The number of ether oxygens (including phenoxy) is 1. The molecule has 0 saturated carbocycles. The summed E-state index contributed by atoms with van der Waals surface area (Å²) in [7, 11) is 0. The summed E-state index contributed by atoms with van der Waals surface area (Å²) < 4.78 is 36.6. The van der Waals surface area contributed by atoms with E-state index in [4.69, 9.17) is 16.3 Å². The molecule has 1 amide bonds. The highest BCUT2D eigenvalue weighted by atomic mass is 35.5. The highest BCUT2D eigenvalue weighted by Gasteiger charge is 2.42. The van der Waals surface area contributed by atoms with E-state index in [0.717, 1.165) is 0 Å². The molecule has 0 bridgehead atoms. The number of H-pyrrole nitrogens is 1. The van der Waals surface area contributed by atoms with Crippen molar-refractivity contribution in [2.24, 2.45) is 0 Å². The molecule has 14 heteroatoms. The summed E-state index contributed by atoms with van der Waals surface area (Å²) in [5.41, 5.74) is 1.64. The van der Waals surface area contributed by atoms with Crippen LogP contribution in [0.25, 0.3) is 22.5 Å². The van der Waals surface area contributed by atoms with E-state index < -0.39 is 17.6 Å². The third kappa shape index (κ3) is 4.51. The average Bonchev–Trinajstić information content (AvgIpc) is 3.70. The van der Waals surface area contributed by atoms with E-state index in [2.05, 4.69) is 30.5 Å². The van der Waals surface area contributed by atoms with Crippen LogP contribution in [0, 0.1) is 11.6 Å². The molecule has 1 fully saturated rings. The molecule has 1 N–H and O–H groups in total. The summed E-state index contributed by atoms with van der Waals surface area (Å²) in [5, 5.41) is 11.0. The van der Waals surface area contributed by atoms with Gasteiger partial charge in [-0.05, 0) is 53.5 Å². The first-order chi connectivity index (χ1) is 19.3. The smallest absolute Gasteiger partial charge is 0.303 e. The van der Waals surface area contributed by atoms with Crippen LogP contribution >= 0.6 is 11.6 Å². The van der Waals surface area contributed by atoms with Gasteiger partial charge in [0.1, 0.15) is 24.5 Å². The quantitative estimate of drug-likeness (QED) is 0.347. The number of pyridine rings is 1. The average molecular weight is 567 g/mol. The maximum absolute atomic E-state index is 15.3. The van der Waals surface area contributed by atoms with Crippen molar-refractivity contribution in [3.63, 3.8) is 0 Å². The van der Waals surface area contributed by atoms with Crippen molar-refractivity contribution in [1.29, 1.82) is 0 Å². The largest absolute Gasteiger partial charge is 0.459 e. The zero-order valence-corrected chi connectivity index (χ0v) is 21.8. The number of rotatable bonds is 6. The Balaban J connectivity index is 1.29. The number of fused-ring (bicyclic) bond motifs is 1. The zero-order valence-electron chi connectivity index (χ0n) is 21.0. The van der Waals surface area contributed by atoms with Crippen LogP contribution in [-0.4, -0.2) is 58.0 Å². The second kappa shape index (κ2) is 10.2. The molecule has 2 aliphatic heterocycles. The van der Waals surface area contributed by atoms with Crippen LogP contribution in [0.4, 0.5) is 8.78 Å². The number of imidazole rings is 1. The summed E-state index contributed by atoms with van der Waals surface area (Å²) in [6.45, 7) is 0.941. The Labute approximate surface area is 230 Å². The number of benzene rings is 1. The minimum absolute atomic E-state index is 0.0112. The number of nitrogens with one attached hydrogen (secondary N) is 1. The lowest BCUT2D eigenvalue weighted by molar-refractivity contribution is -0.142. The Kier molecular flexibility index (Phi) is 6.58. The molecule has 11 nitrogen and oxygen atoms in total. The predicted molar refractivity (Wildman–Crippen MR) is 137 cm³/mol. The van der Waals surface area contributed by atoms with E-state index in [9.17, 15) is 9.59 Å². The van der Waals surface area contributed by atoms with E-state index in [1.807, 2.05) is 0 Å². The van der Waals surface area contributed by atoms with Gasteiger partial charge in [0.15, 0.2) is 11.6 Å². The normalized spacial score (nSPS) is 18.6. The summed E-state index contributed by atoms with van der Waals surface area (Å²) in [6, 6.07) is 3.92. The van der Waals surface area contributed by atoms with Gasteiger partial charge in [0.2, 0.25) is 5.91 Å². The Morgan fingerprint density at radius 2 is 2.05 bits per heavy atom. The first-order valence-corrected chi connectivity index (χ1v) is 12.8. The number of tetrazole rings is 1. The van der Waals surface area contributed by atoms with E-state index in [0.29, 0.717) is 42.0 Å². The molecule has 3 aromatic heterocycles. The number of carbonyl (C=O) groups excluding carboxylic acids is 2. The van der Waals surface area contributed by atoms with Gasteiger partial charge in [-0.1, -0.05) is 11.6 Å². The van der Waals surface area contributed by atoms with Crippen molar-refractivity contribution < 1.29 is 23.1 Å². The van der Waals surface area contributed by atoms with Gasteiger partial charge in [-0.25, -0.2) is 13.8 Å². The Morgan fingerprint density at radius 3 is 2.83 bits per heavy atom. The molecule has 2 aliphatic rings. The SMILES string of the molecule is CC(=O)OCc1nccc(-c2cnc([C@@H]3CCC4CC(c5c(-n6cnnn6)ccc(Cl)c5F)=CC(=O)N43)[nH]2)c1F. The molecule has 5 heterocycles. The number of hydrogen-bond acceptors (Lipinski definition) is 8. The Bertz CT molecular complexity index is 1660. The molecule has 4 aromatic rings. The van der Waals surface area contributed by atoms with Crippen LogP contribution < -0.4 is 0 Å². The molecule has 1 unspecified atom stereocenters. The number of carbonyl (C=O) groups is 2. The fraction of sp³-hybridized carbons (Fsp3) is 0.269. The van der Waals surface area contributed by atoms with Crippen LogP contribution in [0.15, 0.2) is 43.0 Å². The summed E-state index contributed by atoms with van der Waals surface area (Å²) in [6.07, 6.45) is 7.32. The lowest BCUT2D eigenvalue weighted by Gasteiger charge is -2.33. The molecular weight excluding hydrogens is 546 g/mol. The van der Waals surface area contributed by atoms with Gasteiger partial charge in [-0.3, -0.25) is 14.6 Å². The van der Waals surface area contributed by atoms with Gasteiger partial charge in [-0.15, -0.1) is 5.10 Å². The van der Waals surface area contributed by atoms with E-state index in [-0.39, 0.29) is 46.4 Å². The molecular formula is C26H21ClF2N8O3. The van der Waals surface area contributed by atoms with Gasteiger partial charge in [0.05, 0.1) is 28.6 Å². The third-order valence-corrected chi connectivity index (χ3v) is 7.37. The van der Waals surface area contributed by atoms with Crippen LogP contribution in [0.2, 0.25) is 5.02 Å². The van der Waals surface area contributed by atoms with Crippen molar-refractivity contribution in [2.45, 2.75) is 44.9 Å². The molecule has 204 valence electrons. The predicted octanol–water partition coefficient (Wildman–Crippen LogP) is 3.96. The lowest BCUT2D eigenvalue weighted by Crippen LogP contribution is -2.39. The van der Waals surface area contributed by atoms with E-state index in [1.165, 1.54) is 48.5 Å². The van der Waals surface area contributed by atoms with E-state index >= 15 is 8.78 Å². The van der Waals surface area contributed by atoms with Crippen molar-refractivity contribution >= 4 is 29.1 Å². The maximum Gasteiger partial charge on any atom is 0.303 e. The van der Waals surface area contributed by atoms with Crippen molar-refractivity contribution in [3.05, 3.63) is 76.7 Å². The molecule has 1 aromatic carbocycles. The van der Waals surface area contributed by atoms with Gasteiger partial charge < -0.3 is 14.6 Å². The van der Waals surface area contributed by atoms with Crippen molar-refractivity contribution in [1.82, 2.24) is 40.1 Å². The zero-order chi connectivity index (χ0) is 28.0. The summed E-state index contributed by atoms with van der Waals surface area (Å²) in [5.74, 6) is -1.62. The minimum Gasteiger partial charge on any atom is -0.459 e. The Hall–Kier alpha value is -4.52. The number of halogens is 3. The summed E-state index contributed by atoms with van der Waals surface area (Å²) >= 11 is 6.10. The summed E-state index contributed by atoms with van der Waals surface area (Å²) in [4.78, 5) is 37.8. The first kappa shape index (κ1) is 25.7. The van der Waals surface area contributed by atoms with Gasteiger partial charge in [0, 0.05) is 36.4 Å².